The largest absolute Gasteiger partial charge is 0.465 e. The van der Waals surface area contributed by atoms with Gasteiger partial charge in [-0.05, 0) is 56.2 Å². The summed E-state index contributed by atoms with van der Waals surface area (Å²) in [6.07, 6.45) is 1.03. The number of hydrogen-bond donors (Lipinski definition) is 1. The zero-order valence-electron chi connectivity index (χ0n) is 16.8. The van der Waals surface area contributed by atoms with Crippen molar-refractivity contribution in [1.29, 1.82) is 0 Å². The third-order valence-corrected chi connectivity index (χ3v) is 5.88. The molecule has 0 aliphatic heterocycles. The molecule has 1 N–H and O–H groups in total. The van der Waals surface area contributed by atoms with Gasteiger partial charge < -0.3 is 10.1 Å². The lowest BCUT2D eigenvalue weighted by Crippen LogP contribution is -2.45. The Hall–Kier alpha value is -2.58. The van der Waals surface area contributed by atoms with Crippen LogP contribution in [0.15, 0.2) is 36.4 Å². The summed E-state index contributed by atoms with van der Waals surface area (Å²) < 4.78 is 30.7. The number of carbonyl (C=O) groups excluding carboxylic acids is 2. The molecule has 2 aromatic carbocycles. The Bertz CT molecular complexity index is 1050. The van der Waals surface area contributed by atoms with Crippen LogP contribution in [0.4, 0.5) is 11.4 Å². The first kappa shape index (κ1) is 22.7. The molecule has 7 nitrogen and oxygen atoms in total. The summed E-state index contributed by atoms with van der Waals surface area (Å²) in [4.78, 5) is 24.7. The maximum absolute atomic E-state index is 12.9. The maximum Gasteiger partial charge on any atom is 0.337 e. The highest BCUT2D eigenvalue weighted by Crippen LogP contribution is 2.29. The van der Waals surface area contributed by atoms with Crippen molar-refractivity contribution in [2.24, 2.45) is 0 Å². The van der Waals surface area contributed by atoms with Gasteiger partial charge in [0.2, 0.25) is 15.9 Å². The number of rotatable bonds is 6. The zero-order chi connectivity index (χ0) is 21.9. The number of nitrogens with one attached hydrogen (secondary N) is 1. The van der Waals surface area contributed by atoms with Gasteiger partial charge in [-0.2, -0.15) is 0 Å². The first-order chi connectivity index (χ1) is 13.5. The van der Waals surface area contributed by atoms with E-state index in [2.05, 4.69) is 5.32 Å². The van der Waals surface area contributed by atoms with Crippen molar-refractivity contribution in [2.45, 2.75) is 26.8 Å². The first-order valence-electron chi connectivity index (χ1n) is 8.71. The van der Waals surface area contributed by atoms with E-state index in [1.54, 1.807) is 38.1 Å². The molecule has 1 amide bonds. The van der Waals surface area contributed by atoms with Crippen LogP contribution in [0, 0.1) is 13.8 Å². The van der Waals surface area contributed by atoms with Gasteiger partial charge in [-0.3, -0.25) is 9.10 Å². The molecule has 2 aromatic rings. The molecular formula is C20H23ClN2O5S. The molecule has 0 bridgehead atoms. The van der Waals surface area contributed by atoms with Crippen LogP contribution in [-0.2, 0) is 19.6 Å². The predicted octanol–water partition coefficient (Wildman–Crippen LogP) is 3.54. The fourth-order valence-corrected chi connectivity index (χ4v) is 4.23. The molecule has 0 aliphatic rings. The fraction of sp³-hybridized carbons (Fsp3) is 0.300. The molecule has 0 unspecified atom stereocenters. The van der Waals surface area contributed by atoms with Crippen LogP contribution in [0.1, 0.15) is 28.4 Å². The summed E-state index contributed by atoms with van der Waals surface area (Å²) in [6, 6.07) is 8.51. The molecule has 0 aromatic heterocycles. The molecule has 0 radical (unpaired) electrons. The second-order valence-corrected chi connectivity index (χ2v) is 8.97. The van der Waals surface area contributed by atoms with Gasteiger partial charge in [0.15, 0.2) is 0 Å². The van der Waals surface area contributed by atoms with E-state index in [4.69, 9.17) is 16.3 Å². The van der Waals surface area contributed by atoms with Gasteiger partial charge >= 0.3 is 5.97 Å². The van der Waals surface area contributed by atoms with Crippen molar-refractivity contribution in [1.82, 2.24) is 0 Å². The zero-order valence-corrected chi connectivity index (χ0v) is 18.4. The number of nitrogens with zero attached hydrogens (tertiary/aromatic N) is 1. The van der Waals surface area contributed by atoms with E-state index in [0.29, 0.717) is 27.5 Å². The van der Waals surface area contributed by atoms with Crippen molar-refractivity contribution in [3.05, 3.63) is 58.1 Å². The van der Waals surface area contributed by atoms with E-state index in [9.17, 15) is 18.0 Å². The van der Waals surface area contributed by atoms with Gasteiger partial charge in [0.1, 0.15) is 6.04 Å². The topological polar surface area (TPSA) is 92.8 Å². The summed E-state index contributed by atoms with van der Waals surface area (Å²) in [6.45, 7) is 4.98. The van der Waals surface area contributed by atoms with Crippen LogP contribution in [0.2, 0.25) is 5.02 Å². The Balaban J connectivity index is 2.41. The molecule has 156 valence electrons. The van der Waals surface area contributed by atoms with Crippen LogP contribution in [0.5, 0.6) is 0 Å². The standard InChI is InChI=1S/C20H23ClN2O5S/c1-12-6-8-15(20(25)28-4)10-17(12)22-19(24)14(3)23(29(5,26)27)18-11-16(21)9-7-13(18)2/h6-11,14H,1-5H3,(H,22,24)/t14-/m0/s1. The SMILES string of the molecule is COC(=O)c1ccc(C)c(NC(=O)[C@H](C)N(c2cc(Cl)ccc2C)S(C)(=O)=O)c1. The summed E-state index contributed by atoms with van der Waals surface area (Å²) in [7, 11) is -2.53. The highest BCUT2D eigenvalue weighted by atomic mass is 35.5. The van der Waals surface area contributed by atoms with E-state index in [-0.39, 0.29) is 5.56 Å². The Kier molecular flexibility index (Phi) is 6.92. The van der Waals surface area contributed by atoms with E-state index < -0.39 is 27.9 Å². The summed E-state index contributed by atoms with van der Waals surface area (Å²) in [5.41, 5.74) is 2.35. The molecule has 0 spiro atoms. The highest BCUT2D eigenvalue weighted by Gasteiger charge is 2.30. The second-order valence-electron chi connectivity index (χ2n) is 6.68. The lowest BCUT2D eigenvalue weighted by Gasteiger charge is -2.29. The molecular weight excluding hydrogens is 416 g/mol. The number of methoxy groups -OCH3 is 1. The van der Waals surface area contributed by atoms with Crippen LogP contribution in [-0.4, -0.2) is 39.7 Å². The minimum Gasteiger partial charge on any atom is -0.465 e. The maximum atomic E-state index is 12.9. The molecule has 0 saturated heterocycles. The Morgan fingerprint density at radius 2 is 1.72 bits per heavy atom. The Morgan fingerprint density at radius 3 is 2.31 bits per heavy atom. The van der Waals surface area contributed by atoms with Crippen LogP contribution >= 0.6 is 11.6 Å². The van der Waals surface area contributed by atoms with Crippen molar-refractivity contribution >= 4 is 44.9 Å². The number of carbonyl (C=O) groups is 2. The third-order valence-electron chi connectivity index (χ3n) is 4.41. The highest BCUT2D eigenvalue weighted by molar-refractivity contribution is 7.92. The van der Waals surface area contributed by atoms with Gasteiger partial charge in [-0.1, -0.05) is 23.7 Å². The quantitative estimate of drug-likeness (QED) is 0.696. The number of hydrogen-bond acceptors (Lipinski definition) is 5. The van der Waals surface area contributed by atoms with Gasteiger partial charge in [-0.15, -0.1) is 0 Å². The number of anilines is 2. The monoisotopic (exact) mass is 438 g/mol. The number of esters is 1. The lowest BCUT2D eigenvalue weighted by molar-refractivity contribution is -0.116. The van der Waals surface area contributed by atoms with Crippen LogP contribution in [0.3, 0.4) is 0 Å². The fourth-order valence-electron chi connectivity index (χ4n) is 2.84. The van der Waals surface area contributed by atoms with E-state index >= 15 is 0 Å². The normalized spacial score (nSPS) is 12.2. The molecule has 2 rings (SSSR count). The van der Waals surface area contributed by atoms with Crippen molar-refractivity contribution in [3.63, 3.8) is 0 Å². The number of aryl methyl sites for hydroxylation is 2. The summed E-state index contributed by atoms with van der Waals surface area (Å²) in [5, 5.41) is 3.06. The van der Waals surface area contributed by atoms with E-state index in [1.807, 2.05) is 0 Å². The molecule has 0 aliphatic carbocycles. The predicted molar refractivity (Wildman–Crippen MR) is 114 cm³/mol. The van der Waals surface area contributed by atoms with E-state index in [0.717, 1.165) is 10.6 Å². The second kappa shape index (κ2) is 8.84. The summed E-state index contributed by atoms with van der Waals surface area (Å²) >= 11 is 6.04. The third kappa shape index (κ3) is 5.27. The average molecular weight is 439 g/mol. The summed E-state index contributed by atoms with van der Waals surface area (Å²) in [5.74, 6) is -1.10. The minimum absolute atomic E-state index is 0.270. The number of amides is 1. The molecule has 29 heavy (non-hydrogen) atoms. The number of sulfonamides is 1. The lowest BCUT2D eigenvalue weighted by atomic mass is 10.1. The van der Waals surface area contributed by atoms with Gasteiger partial charge in [0.05, 0.1) is 24.6 Å². The van der Waals surface area contributed by atoms with Gasteiger partial charge in [0, 0.05) is 10.7 Å². The van der Waals surface area contributed by atoms with Gasteiger partial charge in [-0.25, -0.2) is 13.2 Å². The Labute approximate surface area is 175 Å². The minimum atomic E-state index is -3.79. The van der Waals surface area contributed by atoms with Gasteiger partial charge in [0.25, 0.3) is 0 Å². The smallest absolute Gasteiger partial charge is 0.337 e. The molecule has 9 heteroatoms. The first-order valence-corrected chi connectivity index (χ1v) is 10.9. The van der Waals surface area contributed by atoms with Crippen LogP contribution < -0.4 is 9.62 Å². The number of halogens is 1. The molecule has 0 heterocycles. The molecule has 0 saturated carbocycles. The van der Waals surface area contributed by atoms with Crippen molar-refractivity contribution in [3.8, 4) is 0 Å². The van der Waals surface area contributed by atoms with E-state index in [1.165, 1.54) is 26.2 Å². The van der Waals surface area contributed by atoms with Crippen LogP contribution in [0.25, 0.3) is 0 Å². The molecule has 1 atom stereocenters. The number of benzene rings is 2. The molecule has 0 fully saturated rings. The number of ether oxygens (including phenoxy) is 1. The van der Waals surface area contributed by atoms with Crippen molar-refractivity contribution < 1.29 is 22.7 Å². The Morgan fingerprint density at radius 1 is 1.10 bits per heavy atom. The van der Waals surface area contributed by atoms with Crippen molar-refractivity contribution in [2.75, 3.05) is 23.0 Å². The average Bonchev–Trinajstić information content (AvgIpc) is 2.64.